The SMILES string of the molecule is CC[C@H]1C[C@H](c2ccc(O)cc2O)CCO1. The maximum absolute atomic E-state index is 9.80. The summed E-state index contributed by atoms with van der Waals surface area (Å²) in [5.41, 5.74) is 0.930. The van der Waals surface area contributed by atoms with E-state index in [1.165, 1.54) is 6.07 Å². The lowest BCUT2D eigenvalue weighted by molar-refractivity contribution is 0.00456. The van der Waals surface area contributed by atoms with Crippen molar-refractivity contribution >= 4 is 0 Å². The van der Waals surface area contributed by atoms with Crippen LogP contribution in [0.5, 0.6) is 11.5 Å². The summed E-state index contributed by atoms with van der Waals surface area (Å²) in [6.45, 7) is 2.87. The first-order valence-corrected chi connectivity index (χ1v) is 5.84. The Hall–Kier alpha value is -1.22. The molecule has 16 heavy (non-hydrogen) atoms. The molecule has 1 fully saturated rings. The van der Waals surface area contributed by atoms with Crippen molar-refractivity contribution in [3.05, 3.63) is 23.8 Å². The number of hydrogen-bond donors (Lipinski definition) is 2. The number of benzene rings is 1. The third-order valence-corrected chi connectivity index (χ3v) is 3.28. The molecule has 1 aromatic carbocycles. The van der Waals surface area contributed by atoms with Gasteiger partial charge in [-0.2, -0.15) is 0 Å². The van der Waals surface area contributed by atoms with E-state index < -0.39 is 0 Å². The Kier molecular flexibility index (Phi) is 3.34. The summed E-state index contributed by atoms with van der Waals surface area (Å²) in [4.78, 5) is 0. The highest BCUT2D eigenvalue weighted by Crippen LogP contribution is 2.37. The molecule has 0 amide bonds. The molecule has 0 bridgehead atoms. The lowest BCUT2D eigenvalue weighted by Crippen LogP contribution is -2.23. The molecule has 2 atom stereocenters. The molecule has 1 aliphatic heterocycles. The number of ether oxygens (including phenoxy) is 1. The Balaban J connectivity index is 2.16. The van der Waals surface area contributed by atoms with Gasteiger partial charge in [0.2, 0.25) is 0 Å². The zero-order valence-corrected chi connectivity index (χ0v) is 9.52. The van der Waals surface area contributed by atoms with Crippen molar-refractivity contribution in [1.29, 1.82) is 0 Å². The standard InChI is InChI=1S/C13H18O3/c1-2-11-7-9(5-6-16-11)12-4-3-10(14)8-13(12)15/h3-4,8-9,11,14-15H,2,5-7H2,1H3/t9-,11+/m1/s1. The second-order valence-corrected chi connectivity index (χ2v) is 4.37. The van der Waals surface area contributed by atoms with Crippen LogP contribution in [0.4, 0.5) is 0 Å². The van der Waals surface area contributed by atoms with Gasteiger partial charge in [0.25, 0.3) is 0 Å². The van der Waals surface area contributed by atoms with Crippen molar-refractivity contribution in [3.63, 3.8) is 0 Å². The van der Waals surface area contributed by atoms with Crippen LogP contribution in [0.2, 0.25) is 0 Å². The first-order chi connectivity index (χ1) is 7.70. The van der Waals surface area contributed by atoms with Gasteiger partial charge in [0, 0.05) is 12.7 Å². The van der Waals surface area contributed by atoms with Gasteiger partial charge in [-0.3, -0.25) is 0 Å². The smallest absolute Gasteiger partial charge is 0.122 e. The molecule has 88 valence electrons. The predicted octanol–water partition coefficient (Wildman–Crippen LogP) is 2.77. The maximum atomic E-state index is 9.80. The molecule has 1 heterocycles. The lowest BCUT2D eigenvalue weighted by atomic mass is 9.87. The van der Waals surface area contributed by atoms with Gasteiger partial charge in [0.1, 0.15) is 11.5 Å². The highest BCUT2D eigenvalue weighted by molar-refractivity contribution is 5.41. The van der Waals surface area contributed by atoms with Crippen molar-refractivity contribution in [2.45, 2.75) is 38.2 Å². The molecule has 0 radical (unpaired) electrons. The zero-order valence-electron chi connectivity index (χ0n) is 9.52. The van der Waals surface area contributed by atoms with Gasteiger partial charge < -0.3 is 14.9 Å². The number of phenols is 2. The fourth-order valence-corrected chi connectivity index (χ4v) is 2.32. The zero-order chi connectivity index (χ0) is 11.5. The number of hydrogen-bond acceptors (Lipinski definition) is 3. The van der Waals surface area contributed by atoms with E-state index in [1.54, 1.807) is 6.07 Å². The van der Waals surface area contributed by atoms with E-state index in [1.807, 2.05) is 6.07 Å². The minimum atomic E-state index is 0.111. The van der Waals surface area contributed by atoms with Crippen molar-refractivity contribution in [2.24, 2.45) is 0 Å². The summed E-state index contributed by atoms with van der Waals surface area (Å²) in [5.74, 6) is 0.654. The first-order valence-electron chi connectivity index (χ1n) is 5.84. The third kappa shape index (κ3) is 2.30. The summed E-state index contributed by atoms with van der Waals surface area (Å²) < 4.78 is 5.61. The van der Waals surface area contributed by atoms with E-state index in [9.17, 15) is 10.2 Å². The Morgan fingerprint density at radius 3 is 2.88 bits per heavy atom. The maximum Gasteiger partial charge on any atom is 0.122 e. The molecule has 0 saturated carbocycles. The van der Waals surface area contributed by atoms with Crippen LogP contribution in [0.15, 0.2) is 18.2 Å². The van der Waals surface area contributed by atoms with Crippen LogP contribution in [0.3, 0.4) is 0 Å². The van der Waals surface area contributed by atoms with Crippen molar-refractivity contribution < 1.29 is 14.9 Å². The molecule has 3 nitrogen and oxygen atoms in total. The Morgan fingerprint density at radius 1 is 1.38 bits per heavy atom. The van der Waals surface area contributed by atoms with E-state index in [0.29, 0.717) is 12.0 Å². The minimum absolute atomic E-state index is 0.111. The Labute approximate surface area is 95.7 Å². The van der Waals surface area contributed by atoms with Crippen LogP contribution in [0.25, 0.3) is 0 Å². The Morgan fingerprint density at radius 2 is 2.19 bits per heavy atom. The summed E-state index contributed by atoms with van der Waals surface area (Å²) in [7, 11) is 0. The third-order valence-electron chi connectivity index (χ3n) is 3.28. The van der Waals surface area contributed by atoms with Gasteiger partial charge >= 0.3 is 0 Å². The second kappa shape index (κ2) is 4.74. The molecule has 0 spiro atoms. The average molecular weight is 222 g/mol. The molecule has 0 aliphatic carbocycles. The van der Waals surface area contributed by atoms with Crippen molar-refractivity contribution in [1.82, 2.24) is 0 Å². The number of rotatable bonds is 2. The summed E-state index contributed by atoms with van der Waals surface area (Å²) in [6, 6.07) is 4.85. The summed E-state index contributed by atoms with van der Waals surface area (Å²) in [6.07, 6.45) is 3.20. The van der Waals surface area contributed by atoms with Crippen LogP contribution in [0, 0.1) is 0 Å². The molecule has 2 rings (SSSR count). The van der Waals surface area contributed by atoms with Crippen molar-refractivity contribution in [2.75, 3.05) is 6.61 Å². The normalized spacial score (nSPS) is 25.6. The minimum Gasteiger partial charge on any atom is -0.508 e. The number of phenolic OH excluding ortho intramolecular Hbond substituents is 2. The van der Waals surface area contributed by atoms with E-state index in [2.05, 4.69) is 6.92 Å². The van der Waals surface area contributed by atoms with Gasteiger partial charge in [-0.1, -0.05) is 13.0 Å². The monoisotopic (exact) mass is 222 g/mol. The molecule has 1 saturated heterocycles. The van der Waals surface area contributed by atoms with Crippen LogP contribution in [-0.2, 0) is 4.74 Å². The van der Waals surface area contributed by atoms with Gasteiger partial charge in [0.05, 0.1) is 6.10 Å². The van der Waals surface area contributed by atoms with Crippen LogP contribution in [-0.4, -0.2) is 22.9 Å². The molecule has 0 aromatic heterocycles. The van der Waals surface area contributed by atoms with Crippen LogP contribution in [0.1, 0.15) is 37.7 Å². The predicted molar refractivity (Wildman–Crippen MR) is 61.8 cm³/mol. The molecular formula is C13H18O3. The molecule has 2 N–H and O–H groups in total. The molecule has 0 unspecified atom stereocenters. The highest BCUT2D eigenvalue weighted by atomic mass is 16.5. The van der Waals surface area contributed by atoms with Gasteiger partial charge in [-0.25, -0.2) is 0 Å². The second-order valence-electron chi connectivity index (χ2n) is 4.37. The van der Waals surface area contributed by atoms with E-state index in [4.69, 9.17) is 4.74 Å². The first kappa shape index (κ1) is 11.3. The fraction of sp³-hybridized carbons (Fsp3) is 0.538. The fourth-order valence-electron chi connectivity index (χ4n) is 2.32. The highest BCUT2D eigenvalue weighted by Gasteiger charge is 2.24. The van der Waals surface area contributed by atoms with E-state index >= 15 is 0 Å². The lowest BCUT2D eigenvalue weighted by Gasteiger charge is -2.29. The van der Waals surface area contributed by atoms with Gasteiger partial charge in [-0.15, -0.1) is 0 Å². The van der Waals surface area contributed by atoms with Crippen molar-refractivity contribution in [3.8, 4) is 11.5 Å². The molecule has 1 aliphatic rings. The van der Waals surface area contributed by atoms with Gasteiger partial charge in [-0.05, 0) is 36.8 Å². The summed E-state index contributed by atoms with van der Waals surface area (Å²) >= 11 is 0. The topological polar surface area (TPSA) is 49.7 Å². The Bertz CT molecular complexity index is 362. The van der Waals surface area contributed by atoms with E-state index in [0.717, 1.165) is 31.4 Å². The van der Waals surface area contributed by atoms with Crippen LogP contribution >= 0.6 is 0 Å². The quantitative estimate of drug-likeness (QED) is 0.809. The molecule has 1 aromatic rings. The summed E-state index contributed by atoms with van der Waals surface area (Å²) in [5, 5.41) is 19.1. The van der Waals surface area contributed by atoms with Gasteiger partial charge in [0.15, 0.2) is 0 Å². The largest absolute Gasteiger partial charge is 0.508 e. The van der Waals surface area contributed by atoms with Crippen LogP contribution < -0.4 is 0 Å². The number of aromatic hydroxyl groups is 2. The molecule has 3 heteroatoms. The average Bonchev–Trinajstić information content (AvgIpc) is 2.29. The molecular weight excluding hydrogens is 204 g/mol. The van der Waals surface area contributed by atoms with E-state index in [-0.39, 0.29) is 11.5 Å².